The van der Waals surface area contributed by atoms with Crippen molar-refractivity contribution in [2.45, 2.75) is 12.5 Å². The first-order chi connectivity index (χ1) is 16.0. The van der Waals surface area contributed by atoms with E-state index in [1.165, 1.54) is 30.2 Å². The van der Waals surface area contributed by atoms with Gasteiger partial charge in [0, 0.05) is 31.7 Å². The standard InChI is InChI=1S/C25H27FN2O5/c1-32-20-8-6-17(7-9-20)23(29)21-22(18-4-2-5-19(26)16-18)28(25(31)24(21)30)11-3-10-27-12-14-33-15-13-27/h2,4-9,16,22,29H,3,10-15H2,1H3/b23-21-. The highest BCUT2D eigenvalue weighted by Gasteiger charge is 2.45. The third-order valence-corrected chi connectivity index (χ3v) is 6.04. The Hall–Kier alpha value is -3.23. The Morgan fingerprint density at radius 2 is 1.85 bits per heavy atom. The van der Waals surface area contributed by atoms with Gasteiger partial charge in [0.2, 0.25) is 0 Å². The molecule has 0 aliphatic carbocycles. The van der Waals surface area contributed by atoms with Crippen LogP contribution in [0.5, 0.6) is 5.75 Å². The number of benzene rings is 2. The molecule has 0 aromatic heterocycles. The third kappa shape index (κ3) is 4.91. The molecule has 0 spiro atoms. The minimum atomic E-state index is -0.868. The summed E-state index contributed by atoms with van der Waals surface area (Å²) in [4.78, 5) is 29.7. The lowest BCUT2D eigenvalue weighted by molar-refractivity contribution is -0.140. The zero-order valence-electron chi connectivity index (χ0n) is 18.5. The average molecular weight is 454 g/mol. The van der Waals surface area contributed by atoms with Gasteiger partial charge >= 0.3 is 0 Å². The first kappa shape index (κ1) is 22.9. The Balaban J connectivity index is 1.66. The summed E-state index contributed by atoms with van der Waals surface area (Å²) in [6.07, 6.45) is 0.640. The zero-order chi connectivity index (χ0) is 23.4. The maximum absolute atomic E-state index is 14.1. The van der Waals surface area contributed by atoms with Gasteiger partial charge in [-0.1, -0.05) is 12.1 Å². The molecule has 174 valence electrons. The molecule has 8 heteroatoms. The van der Waals surface area contributed by atoms with E-state index in [4.69, 9.17) is 9.47 Å². The Kier molecular flexibility index (Phi) is 7.05. The van der Waals surface area contributed by atoms with Crippen LogP contribution in [0.2, 0.25) is 0 Å². The lowest BCUT2D eigenvalue weighted by Crippen LogP contribution is -2.39. The van der Waals surface area contributed by atoms with Crippen LogP contribution >= 0.6 is 0 Å². The van der Waals surface area contributed by atoms with E-state index in [1.54, 1.807) is 30.3 Å². The molecule has 0 radical (unpaired) electrons. The van der Waals surface area contributed by atoms with Crippen molar-refractivity contribution in [2.24, 2.45) is 0 Å². The fourth-order valence-electron chi connectivity index (χ4n) is 4.33. The van der Waals surface area contributed by atoms with Crippen LogP contribution in [0.3, 0.4) is 0 Å². The van der Waals surface area contributed by atoms with Gasteiger partial charge in [-0.05, 0) is 48.4 Å². The van der Waals surface area contributed by atoms with Gasteiger partial charge < -0.3 is 19.5 Å². The minimum absolute atomic E-state index is 0.0397. The van der Waals surface area contributed by atoms with Crippen LogP contribution in [0.1, 0.15) is 23.6 Å². The molecule has 1 unspecified atom stereocenters. The lowest BCUT2D eigenvalue weighted by atomic mass is 9.95. The molecule has 2 aliphatic rings. The summed E-state index contributed by atoms with van der Waals surface area (Å²) < 4.78 is 24.6. The van der Waals surface area contributed by atoms with Crippen molar-refractivity contribution in [3.05, 3.63) is 71.0 Å². The van der Waals surface area contributed by atoms with Crippen LogP contribution in [-0.4, -0.2) is 73.1 Å². The molecule has 2 heterocycles. The summed E-state index contributed by atoms with van der Waals surface area (Å²) in [5.74, 6) is -1.64. The fraction of sp³-hybridized carbons (Fsp3) is 0.360. The van der Waals surface area contributed by atoms with E-state index in [0.717, 1.165) is 19.6 Å². The maximum atomic E-state index is 14.1. The summed E-state index contributed by atoms with van der Waals surface area (Å²) in [7, 11) is 1.53. The largest absolute Gasteiger partial charge is 0.507 e. The minimum Gasteiger partial charge on any atom is -0.507 e. The van der Waals surface area contributed by atoms with Gasteiger partial charge in [0.15, 0.2) is 0 Å². The molecule has 0 bridgehead atoms. The molecule has 1 N–H and O–H groups in total. The maximum Gasteiger partial charge on any atom is 0.295 e. The van der Waals surface area contributed by atoms with Crippen LogP contribution in [0.4, 0.5) is 4.39 Å². The van der Waals surface area contributed by atoms with E-state index in [-0.39, 0.29) is 11.3 Å². The summed E-state index contributed by atoms with van der Waals surface area (Å²) in [6.45, 7) is 4.06. The highest BCUT2D eigenvalue weighted by atomic mass is 19.1. The molecule has 1 amide bonds. The molecule has 2 aliphatic heterocycles. The Morgan fingerprint density at radius 3 is 2.52 bits per heavy atom. The third-order valence-electron chi connectivity index (χ3n) is 6.04. The molecular weight excluding hydrogens is 427 g/mol. The van der Waals surface area contributed by atoms with Crippen molar-refractivity contribution in [1.29, 1.82) is 0 Å². The van der Waals surface area contributed by atoms with Gasteiger partial charge in [-0.2, -0.15) is 0 Å². The van der Waals surface area contributed by atoms with Crippen molar-refractivity contribution >= 4 is 17.4 Å². The Morgan fingerprint density at radius 1 is 1.12 bits per heavy atom. The smallest absolute Gasteiger partial charge is 0.295 e. The van der Waals surface area contributed by atoms with E-state index < -0.39 is 23.5 Å². The monoisotopic (exact) mass is 454 g/mol. The summed E-state index contributed by atoms with van der Waals surface area (Å²) in [6, 6.07) is 11.5. The highest BCUT2D eigenvalue weighted by molar-refractivity contribution is 6.46. The molecule has 4 rings (SSSR count). The second-order valence-electron chi connectivity index (χ2n) is 8.08. The number of morpholine rings is 1. The van der Waals surface area contributed by atoms with E-state index in [1.807, 2.05) is 0 Å². The molecular formula is C25H27FN2O5. The quantitative estimate of drug-likeness (QED) is 0.394. The van der Waals surface area contributed by atoms with E-state index in [2.05, 4.69) is 4.90 Å². The lowest BCUT2D eigenvalue weighted by Gasteiger charge is -2.29. The Bertz CT molecular complexity index is 1050. The average Bonchev–Trinajstić information content (AvgIpc) is 3.09. The van der Waals surface area contributed by atoms with Crippen molar-refractivity contribution in [3.8, 4) is 5.75 Å². The van der Waals surface area contributed by atoms with E-state index >= 15 is 0 Å². The number of hydrogen-bond donors (Lipinski definition) is 1. The van der Waals surface area contributed by atoms with Gasteiger partial charge in [0.25, 0.3) is 11.7 Å². The fourth-order valence-corrected chi connectivity index (χ4v) is 4.33. The molecule has 7 nitrogen and oxygen atoms in total. The molecule has 0 saturated carbocycles. The summed E-state index contributed by atoms with van der Waals surface area (Å²) >= 11 is 0. The van der Waals surface area contributed by atoms with Crippen LogP contribution in [-0.2, 0) is 14.3 Å². The number of likely N-dealkylation sites (tertiary alicyclic amines) is 1. The van der Waals surface area contributed by atoms with Crippen molar-refractivity contribution in [3.63, 3.8) is 0 Å². The number of hydrogen-bond acceptors (Lipinski definition) is 6. The van der Waals surface area contributed by atoms with Crippen LogP contribution in [0.15, 0.2) is 54.1 Å². The van der Waals surface area contributed by atoms with E-state index in [9.17, 15) is 19.1 Å². The van der Waals surface area contributed by atoms with Crippen LogP contribution in [0.25, 0.3) is 5.76 Å². The van der Waals surface area contributed by atoms with Gasteiger partial charge in [-0.3, -0.25) is 14.5 Å². The zero-order valence-corrected chi connectivity index (χ0v) is 18.5. The van der Waals surface area contributed by atoms with Crippen molar-refractivity contribution in [1.82, 2.24) is 9.80 Å². The number of aliphatic hydroxyl groups excluding tert-OH is 1. The number of halogens is 1. The number of carbonyl (C=O) groups is 2. The summed E-state index contributed by atoms with van der Waals surface area (Å²) in [5.41, 5.74) is 0.779. The van der Waals surface area contributed by atoms with Gasteiger partial charge in [0.1, 0.15) is 17.3 Å². The number of Topliss-reactive ketones (excluding diaryl/α,β-unsaturated/α-hetero) is 1. The first-order valence-electron chi connectivity index (χ1n) is 11.0. The molecule has 33 heavy (non-hydrogen) atoms. The second kappa shape index (κ2) is 10.1. The molecule has 2 fully saturated rings. The number of ether oxygens (including phenoxy) is 2. The number of nitrogens with zero attached hydrogens (tertiary/aromatic N) is 2. The van der Waals surface area contributed by atoms with E-state index in [0.29, 0.717) is 43.1 Å². The number of carbonyl (C=O) groups excluding carboxylic acids is 2. The number of rotatable bonds is 7. The second-order valence-corrected chi connectivity index (χ2v) is 8.08. The van der Waals surface area contributed by atoms with Gasteiger partial charge in [-0.25, -0.2) is 4.39 Å². The van der Waals surface area contributed by atoms with Crippen molar-refractivity contribution < 1.29 is 28.6 Å². The SMILES string of the molecule is COc1ccc(/C(O)=C2/C(=O)C(=O)N(CCCN3CCOCC3)C2c2cccc(F)c2)cc1. The predicted molar refractivity (Wildman–Crippen MR) is 120 cm³/mol. The normalized spacial score (nSPS) is 20.9. The topological polar surface area (TPSA) is 79.3 Å². The summed E-state index contributed by atoms with van der Waals surface area (Å²) in [5, 5.41) is 11.0. The number of aliphatic hydroxyl groups is 1. The number of ketones is 1. The Labute approximate surface area is 192 Å². The first-order valence-corrected chi connectivity index (χ1v) is 11.0. The van der Waals surface area contributed by atoms with Gasteiger partial charge in [0.05, 0.1) is 31.9 Å². The molecule has 2 saturated heterocycles. The van der Waals surface area contributed by atoms with Crippen molar-refractivity contribution in [2.75, 3.05) is 46.5 Å². The highest BCUT2D eigenvalue weighted by Crippen LogP contribution is 2.39. The van der Waals surface area contributed by atoms with Crippen LogP contribution < -0.4 is 4.74 Å². The molecule has 2 aromatic rings. The van der Waals surface area contributed by atoms with Crippen LogP contribution in [0, 0.1) is 5.82 Å². The molecule has 1 atom stereocenters. The number of methoxy groups -OCH3 is 1. The number of amides is 1. The van der Waals surface area contributed by atoms with Gasteiger partial charge in [-0.15, -0.1) is 0 Å². The molecule has 2 aromatic carbocycles. The predicted octanol–water partition coefficient (Wildman–Crippen LogP) is 2.98.